The smallest absolute Gasteiger partial charge is 0.371 e. The summed E-state index contributed by atoms with van der Waals surface area (Å²) in [5.41, 5.74) is -1.72. The van der Waals surface area contributed by atoms with Crippen molar-refractivity contribution in [2.24, 2.45) is 13.0 Å². The van der Waals surface area contributed by atoms with Crippen molar-refractivity contribution in [3.05, 3.63) is 42.2 Å². The van der Waals surface area contributed by atoms with Crippen LogP contribution in [-0.4, -0.2) is 45.8 Å². The van der Waals surface area contributed by atoms with Crippen molar-refractivity contribution in [2.75, 3.05) is 11.9 Å². The van der Waals surface area contributed by atoms with E-state index in [2.05, 4.69) is 21.5 Å². The summed E-state index contributed by atoms with van der Waals surface area (Å²) in [6.45, 7) is 5.02. The minimum absolute atomic E-state index is 0.00330. The van der Waals surface area contributed by atoms with E-state index in [4.69, 9.17) is 0 Å². The topological polar surface area (TPSA) is 101 Å². The summed E-state index contributed by atoms with van der Waals surface area (Å²) in [5.74, 6) is 0.103. The third kappa shape index (κ3) is 3.97. The number of rotatable bonds is 6. The number of aromatic nitrogens is 4. The van der Waals surface area contributed by atoms with Crippen LogP contribution >= 0.6 is 0 Å². The molecule has 0 spiro atoms. The highest BCUT2D eigenvalue weighted by molar-refractivity contribution is 7.94. The first-order chi connectivity index (χ1) is 15.3. The van der Waals surface area contributed by atoms with Crippen LogP contribution in [0.15, 0.2) is 41.4 Å². The molecule has 176 valence electrons. The van der Waals surface area contributed by atoms with E-state index in [1.54, 1.807) is 18.9 Å². The molecule has 1 aliphatic rings. The van der Waals surface area contributed by atoms with Crippen molar-refractivity contribution >= 4 is 26.6 Å². The number of nitrogens with zero attached hydrogens (tertiary/aromatic N) is 5. The van der Waals surface area contributed by atoms with Crippen LogP contribution in [0.4, 0.5) is 18.9 Å². The number of anilines is 1. The van der Waals surface area contributed by atoms with Crippen molar-refractivity contribution in [1.29, 1.82) is 0 Å². The Hall–Kier alpha value is -2.99. The monoisotopic (exact) mass is 481 g/mol. The maximum Gasteiger partial charge on any atom is 0.433 e. The molecule has 1 fully saturated rings. The molecule has 0 bridgehead atoms. The molecule has 0 aliphatic heterocycles. The summed E-state index contributed by atoms with van der Waals surface area (Å²) in [4.78, 5) is 13.3. The Kier molecular flexibility index (Phi) is 5.28. The third-order valence-electron chi connectivity index (χ3n) is 6.05. The van der Waals surface area contributed by atoms with E-state index in [-0.39, 0.29) is 33.4 Å². The summed E-state index contributed by atoms with van der Waals surface area (Å²) in [5, 5.41) is 11.6. The molecule has 4 rings (SSSR count). The second-order valence-electron chi connectivity index (χ2n) is 8.23. The molecule has 0 radical (unpaired) electrons. The van der Waals surface area contributed by atoms with Gasteiger partial charge in [-0.2, -0.15) is 13.2 Å². The minimum Gasteiger partial charge on any atom is -0.371 e. The molecule has 1 N–H and O–H groups in total. The quantitative estimate of drug-likeness (QED) is 0.538. The zero-order valence-corrected chi connectivity index (χ0v) is 18.9. The van der Waals surface area contributed by atoms with Gasteiger partial charge in [0.25, 0.3) is 0 Å². The fraction of sp³-hybridized carbons (Fsp3) is 0.381. The number of aryl methyl sites for hydroxylation is 1. The normalized spacial score (nSPS) is 16.6. The first-order valence-electron chi connectivity index (χ1n) is 10.0. The summed E-state index contributed by atoms with van der Waals surface area (Å²) >= 11 is 0. The average Bonchev–Trinajstić information content (AvgIpc) is 3.57. The molecule has 1 saturated carbocycles. The first-order valence-corrected chi connectivity index (χ1v) is 11.6. The summed E-state index contributed by atoms with van der Waals surface area (Å²) in [6, 6.07) is 2.16. The van der Waals surface area contributed by atoms with Gasteiger partial charge in [0.05, 0.1) is 29.1 Å². The Balaban J connectivity index is 1.89. The molecule has 1 aliphatic carbocycles. The molecule has 8 nitrogen and oxygen atoms in total. The third-order valence-corrected chi connectivity index (χ3v) is 7.41. The van der Waals surface area contributed by atoms with Crippen molar-refractivity contribution in [3.63, 3.8) is 0 Å². The fourth-order valence-electron chi connectivity index (χ4n) is 3.71. The van der Waals surface area contributed by atoms with Crippen LogP contribution in [0.1, 0.15) is 25.5 Å². The van der Waals surface area contributed by atoms with Crippen LogP contribution in [-0.2, 0) is 23.1 Å². The molecule has 0 aromatic carbocycles. The number of sulfone groups is 1. The van der Waals surface area contributed by atoms with Gasteiger partial charge >= 0.3 is 6.18 Å². The van der Waals surface area contributed by atoms with E-state index < -0.39 is 27.4 Å². The molecular formula is C21H22F3N5O3S. The molecular weight excluding hydrogens is 459 g/mol. The van der Waals surface area contributed by atoms with Crippen LogP contribution < -0.4 is 4.90 Å². The molecule has 33 heavy (non-hydrogen) atoms. The van der Waals surface area contributed by atoms with Crippen LogP contribution in [0.2, 0.25) is 0 Å². The number of pyridine rings is 2. The highest BCUT2D eigenvalue weighted by Gasteiger charge is 2.43. The lowest BCUT2D eigenvalue weighted by molar-refractivity contribution is -0.141. The van der Waals surface area contributed by atoms with Crippen LogP contribution in [0.25, 0.3) is 22.6 Å². The van der Waals surface area contributed by atoms with Gasteiger partial charge in [0.1, 0.15) is 22.0 Å². The van der Waals surface area contributed by atoms with Gasteiger partial charge in [0.15, 0.2) is 5.82 Å². The van der Waals surface area contributed by atoms with E-state index >= 15 is 0 Å². The number of hydrogen-bond acceptors (Lipinski definition) is 7. The molecule has 3 heterocycles. The summed E-state index contributed by atoms with van der Waals surface area (Å²) in [6.07, 6.45) is -0.506. The molecule has 3 aromatic rings. The van der Waals surface area contributed by atoms with Gasteiger partial charge in [0.2, 0.25) is 9.84 Å². The number of fused-ring (bicyclic) bond motifs is 1. The zero-order valence-electron chi connectivity index (χ0n) is 18.1. The molecule has 12 heteroatoms. The van der Waals surface area contributed by atoms with Gasteiger partial charge in [-0.25, -0.2) is 23.4 Å². The van der Waals surface area contributed by atoms with E-state index in [1.807, 2.05) is 0 Å². The number of hydrogen-bond donors (Lipinski definition) is 1. The van der Waals surface area contributed by atoms with E-state index in [0.717, 1.165) is 30.5 Å². The Morgan fingerprint density at radius 3 is 2.48 bits per heavy atom. The van der Waals surface area contributed by atoms with Crippen LogP contribution in [0.5, 0.6) is 0 Å². The van der Waals surface area contributed by atoms with Gasteiger partial charge in [-0.05, 0) is 31.9 Å². The number of alkyl halides is 3. The average molecular weight is 482 g/mol. The second kappa shape index (κ2) is 7.52. The maximum absolute atomic E-state index is 13.1. The van der Waals surface area contributed by atoms with Crippen molar-refractivity contribution in [2.45, 2.75) is 36.6 Å². The Bertz CT molecular complexity index is 1360. The van der Waals surface area contributed by atoms with Crippen LogP contribution in [0.3, 0.4) is 0 Å². The predicted molar refractivity (Wildman–Crippen MR) is 116 cm³/mol. The number of halogens is 3. The van der Waals surface area contributed by atoms with Gasteiger partial charge < -0.3 is 14.6 Å². The second-order valence-corrected chi connectivity index (χ2v) is 10.1. The lowest BCUT2D eigenvalue weighted by Crippen LogP contribution is -2.46. The van der Waals surface area contributed by atoms with Gasteiger partial charge in [0, 0.05) is 25.4 Å². The molecule has 0 amide bonds. The Morgan fingerprint density at radius 1 is 1.24 bits per heavy atom. The zero-order chi connectivity index (χ0) is 24.3. The predicted octanol–water partition coefficient (Wildman–Crippen LogP) is 3.52. The lowest BCUT2D eigenvalue weighted by atomic mass is 10.1. The van der Waals surface area contributed by atoms with Crippen molar-refractivity contribution in [3.8, 4) is 11.5 Å². The van der Waals surface area contributed by atoms with E-state index in [1.165, 1.54) is 23.9 Å². The summed E-state index contributed by atoms with van der Waals surface area (Å²) < 4.78 is 66.3. The highest BCUT2D eigenvalue weighted by Crippen LogP contribution is 2.43. The largest absolute Gasteiger partial charge is 0.433 e. The van der Waals surface area contributed by atoms with Gasteiger partial charge in [-0.1, -0.05) is 6.58 Å². The van der Waals surface area contributed by atoms with Crippen molar-refractivity contribution < 1.29 is 26.7 Å². The SMILES string of the molecule is C=CS(=O)(=O)c1cc(N(C)C(C)(O)C2CC2)cnc1-c1nc2cc(C(F)(F)F)ncc2n1C. The molecule has 1 unspecified atom stereocenters. The maximum atomic E-state index is 13.1. The standard InChI is InChI=1S/C21H22F3N5O3S/c1-5-33(31,32)16-8-13(29(4)20(2,30)12-6-7-12)10-26-18(16)19-27-14-9-17(21(22,23)24)25-11-15(14)28(19)3/h5,8-12,30H,1,6-7H2,2-4H3. The molecule has 1 atom stereocenters. The molecule has 3 aromatic heterocycles. The van der Waals surface area contributed by atoms with E-state index in [0.29, 0.717) is 5.69 Å². The molecule has 0 saturated heterocycles. The lowest BCUT2D eigenvalue weighted by Gasteiger charge is -2.36. The first kappa shape index (κ1) is 23.2. The van der Waals surface area contributed by atoms with Gasteiger partial charge in [-0.3, -0.25) is 0 Å². The highest BCUT2D eigenvalue weighted by atomic mass is 32.2. The minimum atomic E-state index is -4.65. The van der Waals surface area contributed by atoms with Crippen LogP contribution in [0, 0.1) is 5.92 Å². The van der Waals surface area contributed by atoms with E-state index in [9.17, 15) is 26.7 Å². The number of aliphatic hydroxyl groups is 1. The summed E-state index contributed by atoms with van der Waals surface area (Å²) in [7, 11) is -0.856. The Labute approximate surface area is 188 Å². The number of imidazole rings is 1. The fourth-order valence-corrected chi connectivity index (χ4v) is 4.59. The Morgan fingerprint density at radius 2 is 1.91 bits per heavy atom. The van der Waals surface area contributed by atoms with Crippen molar-refractivity contribution in [1.82, 2.24) is 19.5 Å². The van der Waals surface area contributed by atoms with Gasteiger partial charge in [-0.15, -0.1) is 0 Å².